The summed E-state index contributed by atoms with van der Waals surface area (Å²) < 4.78 is 77.2. The van der Waals surface area contributed by atoms with Crippen LogP contribution in [0.2, 0.25) is 0 Å². The third-order valence-electron chi connectivity index (χ3n) is 4.27. The molecular formula is C17H21F6NO2. The molecule has 0 bridgehead atoms. The second-order valence-corrected chi connectivity index (χ2v) is 6.65. The van der Waals surface area contributed by atoms with Gasteiger partial charge >= 0.3 is 18.3 Å². The van der Waals surface area contributed by atoms with Crippen LogP contribution in [0.15, 0.2) is 18.2 Å². The number of rotatable bonds is 7. The SMILES string of the molecule is CCC(CCc1cc(C(F)(F)F)cc(C(F)(F)F)c1)CC(C)(N)C(=O)O. The molecule has 3 nitrogen and oxygen atoms in total. The van der Waals surface area contributed by atoms with Gasteiger partial charge in [0.15, 0.2) is 0 Å². The summed E-state index contributed by atoms with van der Waals surface area (Å²) in [5, 5.41) is 9.05. The molecule has 1 aromatic rings. The lowest BCUT2D eigenvalue weighted by atomic mass is 9.84. The fourth-order valence-electron chi connectivity index (χ4n) is 2.67. The molecule has 0 fully saturated rings. The van der Waals surface area contributed by atoms with Crippen LogP contribution in [-0.2, 0) is 23.6 Å². The van der Waals surface area contributed by atoms with Crippen LogP contribution in [-0.4, -0.2) is 16.6 Å². The molecule has 0 aliphatic heterocycles. The molecule has 0 aliphatic carbocycles. The smallest absolute Gasteiger partial charge is 0.416 e. The highest BCUT2D eigenvalue weighted by Gasteiger charge is 2.37. The van der Waals surface area contributed by atoms with Gasteiger partial charge in [-0.15, -0.1) is 0 Å². The zero-order valence-electron chi connectivity index (χ0n) is 14.3. The first-order valence-corrected chi connectivity index (χ1v) is 7.97. The first-order valence-electron chi connectivity index (χ1n) is 7.97. The number of halogens is 6. The number of aliphatic carboxylic acids is 1. The highest BCUT2D eigenvalue weighted by atomic mass is 19.4. The van der Waals surface area contributed by atoms with E-state index in [0.717, 1.165) is 0 Å². The molecule has 0 saturated heterocycles. The average Bonchev–Trinajstić information content (AvgIpc) is 2.49. The van der Waals surface area contributed by atoms with Crippen molar-refractivity contribution in [3.63, 3.8) is 0 Å². The third kappa shape index (κ3) is 6.19. The molecule has 1 rings (SSSR count). The Morgan fingerprint density at radius 1 is 1.08 bits per heavy atom. The maximum Gasteiger partial charge on any atom is 0.416 e. The molecule has 0 aromatic heterocycles. The van der Waals surface area contributed by atoms with Crippen molar-refractivity contribution in [2.45, 2.75) is 57.4 Å². The summed E-state index contributed by atoms with van der Waals surface area (Å²) in [4.78, 5) is 11.1. The monoisotopic (exact) mass is 385 g/mol. The van der Waals surface area contributed by atoms with E-state index in [1.165, 1.54) is 6.92 Å². The minimum Gasteiger partial charge on any atom is -0.480 e. The van der Waals surface area contributed by atoms with Crippen molar-refractivity contribution in [3.05, 3.63) is 34.9 Å². The van der Waals surface area contributed by atoms with Gasteiger partial charge in [0.05, 0.1) is 11.1 Å². The molecule has 2 atom stereocenters. The minimum atomic E-state index is -4.89. The van der Waals surface area contributed by atoms with Gasteiger partial charge in [0.2, 0.25) is 0 Å². The lowest BCUT2D eigenvalue weighted by Gasteiger charge is -2.25. The van der Waals surface area contributed by atoms with Crippen molar-refractivity contribution in [1.82, 2.24) is 0 Å². The quantitative estimate of drug-likeness (QED) is 0.658. The van der Waals surface area contributed by atoms with Crippen LogP contribution in [0.4, 0.5) is 26.3 Å². The Kier molecular flexibility index (Phi) is 6.73. The summed E-state index contributed by atoms with van der Waals surface area (Å²) in [6.07, 6.45) is -9.01. The average molecular weight is 385 g/mol. The van der Waals surface area contributed by atoms with Crippen LogP contribution in [0.25, 0.3) is 0 Å². The lowest BCUT2D eigenvalue weighted by Crippen LogP contribution is -2.46. The molecule has 0 radical (unpaired) electrons. The van der Waals surface area contributed by atoms with E-state index in [4.69, 9.17) is 10.8 Å². The number of carbonyl (C=O) groups is 1. The number of hydrogen-bond donors (Lipinski definition) is 2. The van der Waals surface area contributed by atoms with Gasteiger partial charge in [-0.1, -0.05) is 13.3 Å². The van der Waals surface area contributed by atoms with Crippen molar-refractivity contribution in [2.75, 3.05) is 0 Å². The van der Waals surface area contributed by atoms with Crippen molar-refractivity contribution in [2.24, 2.45) is 11.7 Å². The summed E-state index contributed by atoms with van der Waals surface area (Å²) in [5.41, 5.74) is 1.35. The van der Waals surface area contributed by atoms with Gasteiger partial charge in [0.25, 0.3) is 0 Å². The van der Waals surface area contributed by atoms with Gasteiger partial charge in [-0.25, -0.2) is 0 Å². The zero-order valence-corrected chi connectivity index (χ0v) is 14.3. The van der Waals surface area contributed by atoms with E-state index in [1.54, 1.807) is 6.92 Å². The number of carboxylic acids is 1. The number of carboxylic acid groups (broad SMARTS) is 1. The normalized spacial score (nSPS) is 16.2. The Hall–Kier alpha value is -1.77. The number of benzene rings is 1. The molecule has 1 aromatic carbocycles. The van der Waals surface area contributed by atoms with E-state index in [2.05, 4.69) is 0 Å². The Morgan fingerprint density at radius 2 is 1.54 bits per heavy atom. The number of hydrogen-bond acceptors (Lipinski definition) is 2. The van der Waals surface area contributed by atoms with Gasteiger partial charge in [-0.3, -0.25) is 4.79 Å². The molecule has 0 amide bonds. The Labute approximate surface area is 147 Å². The van der Waals surface area contributed by atoms with Gasteiger partial charge in [-0.2, -0.15) is 26.3 Å². The van der Waals surface area contributed by atoms with E-state index in [1.807, 2.05) is 0 Å². The number of aryl methyl sites for hydroxylation is 1. The van der Waals surface area contributed by atoms with E-state index < -0.39 is 35.0 Å². The van der Waals surface area contributed by atoms with E-state index in [-0.39, 0.29) is 36.8 Å². The second-order valence-electron chi connectivity index (χ2n) is 6.65. The summed E-state index contributed by atoms with van der Waals surface area (Å²) in [5.74, 6) is -1.46. The van der Waals surface area contributed by atoms with Crippen molar-refractivity contribution in [3.8, 4) is 0 Å². The van der Waals surface area contributed by atoms with Gasteiger partial charge in [-0.05, 0) is 55.9 Å². The van der Waals surface area contributed by atoms with Crippen LogP contribution < -0.4 is 5.73 Å². The fraction of sp³-hybridized carbons (Fsp3) is 0.588. The molecular weight excluding hydrogens is 364 g/mol. The van der Waals surface area contributed by atoms with Crippen LogP contribution in [0.1, 0.15) is 49.8 Å². The largest absolute Gasteiger partial charge is 0.480 e. The molecule has 9 heteroatoms. The van der Waals surface area contributed by atoms with Crippen molar-refractivity contribution < 1.29 is 36.2 Å². The fourth-order valence-corrected chi connectivity index (χ4v) is 2.67. The molecule has 3 N–H and O–H groups in total. The molecule has 0 heterocycles. The minimum absolute atomic E-state index is 0.0405. The number of alkyl halides is 6. The molecule has 26 heavy (non-hydrogen) atoms. The van der Waals surface area contributed by atoms with E-state index in [9.17, 15) is 31.1 Å². The third-order valence-corrected chi connectivity index (χ3v) is 4.27. The van der Waals surface area contributed by atoms with Crippen molar-refractivity contribution in [1.29, 1.82) is 0 Å². The molecule has 148 valence electrons. The first kappa shape index (κ1) is 22.3. The van der Waals surface area contributed by atoms with Crippen LogP contribution in [0.3, 0.4) is 0 Å². The maximum absolute atomic E-state index is 12.9. The van der Waals surface area contributed by atoms with Crippen LogP contribution in [0.5, 0.6) is 0 Å². The topological polar surface area (TPSA) is 63.3 Å². The van der Waals surface area contributed by atoms with Gasteiger partial charge in [0, 0.05) is 0 Å². The van der Waals surface area contributed by atoms with Crippen LogP contribution >= 0.6 is 0 Å². The van der Waals surface area contributed by atoms with Gasteiger partial charge < -0.3 is 10.8 Å². The van der Waals surface area contributed by atoms with Gasteiger partial charge in [0.1, 0.15) is 5.54 Å². The highest BCUT2D eigenvalue weighted by Crippen LogP contribution is 2.37. The van der Waals surface area contributed by atoms with Crippen LogP contribution in [0, 0.1) is 5.92 Å². The molecule has 0 aliphatic rings. The predicted octanol–water partition coefficient (Wildman–Crippen LogP) is 4.88. The summed E-state index contributed by atoms with van der Waals surface area (Å²) in [6, 6.07) is 1.48. The maximum atomic E-state index is 12.9. The molecule has 0 spiro atoms. The standard InChI is InChI=1S/C17H21F6NO2/c1-3-10(9-15(2,24)14(25)26)4-5-11-6-12(16(18,19)20)8-13(7-11)17(21,22)23/h6-8,10H,3-5,9,24H2,1-2H3,(H,25,26). The summed E-state index contributed by atoms with van der Waals surface area (Å²) in [7, 11) is 0. The zero-order chi connectivity index (χ0) is 20.3. The summed E-state index contributed by atoms with van der Waals surface area (Å²) in [6.45, 7) is 3.08. The second kappa shape index (κ2) is 7.85. The Bertz CT molecular complexity index is 605. The predicted molar refractivity (Wildman–Crippen MR) is 83.4 cm³/mol. The van der Waals surface area contributed by atoms with E-state index >= 15 is 0 Å². The van der Waals surface area contributed by atoms with E-state index in [0.29, 0.717) is 18.6 Å². The Morgan fingerprint density at radius 3 is 1.88 bits per heavy atom. The molecule has 0 saturated carbocycles. The Balaban J connectivity index is 3.03. The lowest BCUT2D eigenvalue weighted by molar-refractivity contribution is -0.144. The summed E-state index contributed by atoms with van der Waals surface area (Å²) >= 11 is 0. The highest BCUT2D eigenvalue weighted by molar-refractivity contribution is 5.77. The first-order chi connectivity index (χ1) is 11.7. The molecule has 2 unspecified atom stereocenters. The number of nitrogens with two attached hydrogens (primary N) is 1. The van der Waals surface area contributed by atoms with Crippen molar-refractivity contribution >= 4 is 5.97 Å².